The minimum atomic E-state index is -0.597. The molecule has 5 heteroatoms. The van der Waals surface area contributed by atoms with E-state index in [1.54, 1.807) is 6.07 Å². The third kappa shape index (κ3) is 3.19. The quantitative estimate of drug-likeness (QED) is 0.730. The van der Waals surface area contributed by atoms with Crippen molar-refractivity contribution in [2.75, 3.05) is 0 Å². The third-order valence-electron chi connectivity index (χ3n) is 2.60. The SMILES string of the molecule is O=C(Cc1ccc(F)c(Cl)c1)c1cccc(Br)c1F. The van der Waals surface area contributed by atoms with Crippen molar-refractivity contribution in [3.63, 3.8) is 0 Å². The van der Waals surface area contributed by atoms with Crippen LogP contribution in [0.15, 0.2) is 40.9 Å². The van der Waals surface area contributed by atoms with Gasteiger partial charge in [0.2, 0.25) is 0 Å². The van der Waals surface area contributed by atoms with Crippen LogP contribution in [0.1, 0.15) is 15.9 Å². The van der Waals surface area contributed by atoms with E-state index in [1.165, 1.54) is 30.3 Å². The topological polar surface area (TPSA) is 17.1 Å². The Morgan fingerprint density at radius 2 is 1.95 bits per heavy atom. The fraction of sp³-hybridized carbons (Fsp3) is 0.0714. The highest BCUT2D eigenvalue weighted by atomic mass is 79.9. The number of carbonyl (C=O) groups is 1. The molecule has 2 aromatic rings. The molecular formula is C14H8BrClF2O. The highest BCUT2D eigenvalue weighted by Gasteiger charge is 2.14. The molecule has 0 saturated carbocycles. The summed E-state index contributed by atoms with van der Waals surface area (Å²) in [5.74, 6) is -1.53. The second-order valence-electron chi connectivity index (χ2n) is 3.95. The maximum absolute atomic E-state index is 13.7. The first-order valence-electron chi connectivity index (χ1n) is 5.40. The molecule has 1 nitrogen and oxygen atoms in total. The summed E-state index contributed by atoms with van der Waals surface area (Å²) in [6.07, 6.45) is -0.0344. The van der Waals surface area contributed by atoms with E-state index in [2.05, 4.69) is 15.9 Å². The molecule has 0 N–H and O–H groups in total. The highest BCUT2D eigenvalue weighted by molar-refractivity contribution is 9.10. The van der Waals surface area contributed by atoms with Gasteiger partial charge in [0.15, 0.2) is 5.78 Å². The Labute approximate surface area is 122 Å². The van der Waals surface area contributed by atoms with E-state index in [0.29, 0.717) is 5.56 Å². The first kappa shape index (κ1) is 14.2. The molecule has 0 saturated heterocycles. The van der Waals surface area contributed by atoms with Gasteiger partial charge in [-0.2, -0.15) is 0 Å². The van der Waals surface area contributed by atoms with Gasteiger partial charge < -0.3 is 0 Å². The summed E-state index contributed by atoms with van der Waals surface area (Å²) in [5, 5.41) is -0.0555. The van der Waals surface area contributed by atoms with Crippen molar-refractivity contribution < 1.29 is 13.6 Å². The van der Waals surface area contributed by atoms with E-state index in [-0.39, 0.29) is 27.3 Å². The number of carbonyl (C=O) groups excluding carboxylic acids is 1. The summed E-state index contributed by atoms with van der Waals surface area (Å²) in [4.78, 5) is 12.0. The standard InChI is InChI=1S/C14H8BrClF2O/c15-10-3-1-2-9(14(10)18)13(19)7-8-4-5-12(17)11(16)6-8/h1-6H,7H2. The van der Waals surface area contributed by atoms with E-state index in [0.717, 1.165) is 0 Å². The Morgan fingerprint density at radius 1 is 1.21 bits per heavy atom. The van der Waals surface area contributed by atoms with Crippen LogP contribution in [0.2, 0.25) is 5.02 Å². The van der Waals surface area contributed by atoms with E-state index < -0.39 is 11.6 Å². The van der Waals surface area contributed by atoms with Gasteiger partial charge in [0.25, 0.3) is 0 Å². The lowest BCUT2D eigenvalue weighted by Gasteiger charge is -2.05. The van der Waals surface area contributed by atoms with Gasteiger partial charge in [0, 0.05) is 6.42 Å². The Hall–Kier alpha value is -1.26. The minimum absolute atomic E-state index is 0.00479. The summed E-state index contributed by atoms with van der Waals surface area (Å²) in [5.41, 5.74) is 0.533. The molecule has 0 spiro atoms. The predicted molar refractivity (Wildman–Crippen MR) is 73.5 cm³/mol. The first-order valence-corrected chi connectivity index (χ1v) is 6.57. The molecule has 0 atom stereocenters. The summed E-state index contributed by atoms with van der Waals surface area (Å²) in [6, 6.07) is 8.51. The molecule has 0 unspecified atom stereocenters. The zero-order valence-electron chi connectivity index (χ0n) is 9.59. The van der Waals surface area contributed by atoms with Crippen LogP contribution in [0.25, 0.3) is 0 Å². The Kier molecular flexibility index (Phi) is 4.32. The molecule has 0 fully saturated rings. The molecule has 2 rings (SSSR count). The molecular weight excluding hydrogens is 338 g/mol. The fourth-order valence-corrected chi connectivity index (χ4v) is 2.22. The van der Waals surface area contributed by atoms with Crippen molar-refractivity contribution >= 4 is 33.3 Å². The van der Waals surface area contributed by atoms with Crippen LogP contribution in [0, 0.1) is 11.6 Å². The lowest BCUT2D eigenvalue weighted by Crippen LogP contribution is -2.06. The summed E-state index contributed by atoms with van der Waals surface area (Å²) < 4.78 is 27.0. The van der Waals surface area contributed by atoms with Gasteiger partial charge in [-0.25, -0.2) is 8.78 Å². The first-order chi connectivity index (χ1) is 8.99. The number of hydrogen-bond donors (Lipinski definition) is 0. The Balaban J connectivity index is 2.26. The van der Waals surface area contributed by atoms with Gasteiger partial charge >= 0.3 is 0 Å². The minimum Gasteiger partial charge on any atom is -0.294 e. The summed E-state index contributed by atoms with van der Waals surface area (Å²) in [6.45, 7) is 0. The molecule has 0 radical (unpaired) electrons. The highest BCUT2D eigenvalue weighted by Crippen LogP contribution is 2.21. The summed E-state index contributed by atoms with van der Waals surface area (Å²) >= 11 is 8.65. The molecule has 0 bridgehead atoms. The summed E-state index contributed by atoms with van der Waals surface area (Å²) in [7, 11) is 0. The largest absolute Gasteiger partial charge is 0.294 e. The van der Waals surface area contributed by atoms with Crippen LogP contribution >= 0.6 is 27.5 Å². The van der Waals surface area contributed by atoms with Crippen LogP contribution in [-0.4, -0.2) is 5.78 Å². The smallest absolute Gasteiger partial charge is 0.170 e. The molecule has 19 heavy (non-hydrogen) atoms. The van der Waals surface area contributed by atoms with Gasteiger partial charge in [-0.1, -0.05) is 23.7 Å². The lowest BCUT2D eigenvalue weighted by atomic mass is 10.0. The molecule has 0 aliphatic heterocycles. The van der Waals surface area contributed by atoms with Gasteiger partial charge in [0.05, 0.1) is 15.1 Å². The number of ketones is 1. The molecule has 0 aliphatic rings. The molecule has 0 heterocycles. The lowest BCUT2D eigenvalue weighted by molar-refractivity contribution is 0.0989. The van der Waals surface area contributed by atoms with Gasteiger partial charge in [0.1, 0.15) is 11.6 Å². The molecule has 98 valence electrons. The fourth-order valence-electron chi connectivity index (χ4n) is 1.65. The number of halogens is 4. The van der Waals surface area contributed by atoms with E-state index in [4.69, 9.17) is 11.6 Å². The van der Waals surface area contributed by atoms with Crippen LogP contribution < -0.4 is 0 Å². The van der Waals surface area contributed by atoms with Crippen LogP contribution in [0.5, 0.6) is 0 Å². The number of rotatable bonds is 3. The third-order valence-corrected chi connectivity index (χ3v) is 3.50. The predicted octanol–water partition coefficient (Wildman–Crippen LogP) is 4.81. The van der Waals surface area contributed by atoms with Crippen molar-refractivity contribution in [1.82, 2.24) is 0 Å². The van der Waals surface area contributed by atoms with Crippen LogP contribution in [0.4, 0.5) is 8.78 Å². The molecule has 0 amide bonds. The second-order valence-corrected chi connectivity index (χ2v) is 5.21. The zero-order valence-corrected chi connectivity index (χ0v) is 11.9. The van der Waals surface area contributed by atoms with Gasteiger partial charge in [-0.3, -0.25) is 4.79 Å². The zero-order chi connectivity index (χ0) is 14.0. The number of benzene rings is 2. The van der Waals surface area contributed by atoms with Crippen molar-refractivity contribution in [2.24, 2.45) is 0 Å². The second kappa shape index (κ2) is 5.80. The number of hydrogen-bond acceptors (Lipinski definition) is 1. The average molecular weight is 346 g/mol. The maximum Gasteiger partial charge on any atom is 0.170 e. The van der Waals surface area contributed by atoms with Crippen LogP contribution in [-0.2, 0) is 6.42 Å². The van der Waals surface area contributed by atoms with Crippen LogP contribution in [0.3, 0.4) is 0 Å². The molecule has 0 aliphatic carbocycles. The van der Waals surface area contributed by atoms with Crippen molar-refractivity contribution in [3.8, 4) is 0 Å². The number of Topliss-reactive ketones (excluding diaryl/α,β-unsaturated/α-hetero) is 1. The Bertz CT molecular complexity index is 643. The van der Waals surface area contributed by atoms with E-state index in [9.17, 15) is 13.6 Å². The normalized spacial score (nSPS) is 10.5. The van der Waals surface area contributed by atoms with Gasteiger partial charge in [-0.15, -0.1) is 0 Å². The molecule has 2 aromatic carbocycles. The van der Waals surface area contributed by atoms with E-state index in [1.807, 2.05) is 0 Å². The van der Waals surface area contributed by atoms with Crippen molar-refractivity contribution in [2.45, 2.75) is 6.42 Å². The van der Waals surface area contributed by atoms with Crippen molar-refractivity contribution in [1.29, 1.82) is 0 Å². The van der Waals surface area contributed by atoms with Gasteiger partial charge in [-0.05, 0) is 45.8 Å². The Morgan fingerprint density at radius 3 is 2.63 bits per heavy atom. The average Bonchev–Trinajstić information content (AvgIpc) is 2.37. The monoisotopic (exact) mass is 344 g/mol. The van der Waals surface area contributed by atoms with E-state index >= 15 is 0 Å². The molecule has 0 aromatic heterocycles. The maximum atomic E-state index is 13.7. The van der Waals surface area contributed by atoms with Crippen molar-refractivity contribution in [3.05, 3.63) is 68.7 Å².